The number of aromatic nitrogens is 2. The van der Waals surface area contributed by atoms with Crippen molar-refractivity contribution in [2.75, 3.05) is 5.32 Å². The van der Waals surface area contributed by atoms with E-state index < -0.39 is 12.0 Å². The zero-order chi connectivity index (χ0) is 13.9. The van der Waals surface area contributed by atoms with Crippen molar-refractivity contribution < 1.29 is 13.6 Å². The van der Waals surface area contributed by atoms with Gasteiger partial charge in [-0.3, -0.25) is 5.32 Å². The van der Waals surface area contributed by atoms with Crippen molar-refractivity contribution in [3.05, 3.63) is 18.0 Å². The molecule has 0 spiro atoms. The zero-order valence-corrected chi connectivity index (χ0v) is 10.6. The standard InChI is InChI=1S/C12H16F2N4O/c1-8-4-7-15-10(16-8)18-11(19)17-9-2-5-12(13,14)6-3-9/h4,7,9H,2-3,5-6H2,1H3,(H2,15,16,17,18,19). The number of hydrogen-bond donors (Lipinski definition) is 2. The lowest BCUT2D eigenvalue weighted by Gasteiger charge is -2.28. The molecule has 0 saturated heterocycles. The van der Waals surface area contributed by atoms with Gasteiger partial charge in [0.1, 0.15) is 0 Å². The molecular weight excluding hydrogens is 254 g/mol. The molecule has 2 rings (SSSR count). The predicted molar refractivity (Wildman–Crippen MR) is 66.1 cm³/mol. The molecule has 0 bridgehead atoms. The molecule has 104 valence electrons. The summed E-state index contributed by atoms with van der Waals surface area (Å²) in [6.07, 6.45) is 1.75. The van der Waals surface area contributed by atoms with Gasteiger partial charge in [-0.2, -0.15) is 0 Å². The summed E-state index contributed by atoms with van der Waals surface area (Å²) in [4.78, 5) is 19.6. The number of halogens is 2. The molecule has 0 atom stereocenters. The van der Waals surface area contributed by atoms with Gasteiger partial charge in [-0.15, -0.1) is 0 Å². The summed E-state index contributed by atoms with van der Waals surface area (Å²) in [5.41, 5.74) is 0.739. The molecule has 2 amide bonds. The van der Waals surface area contributed by atoms with Crippen molar-refractivity contribution in [3.63, 3.8) is 0 Å². The number of alkyl halides is 2. The van der Waals surface area contributed by atoms with Gasteiger partial charge in [0.2, 0.25) is 11.9 Å². The van der Waals surface area contributed by atoms with Crippen LogP contribution in [-0.2, 0) is 0 Å². The fraction of sp³-hybridized carbons (Fsp3) is 0.583. The van der Waals surface area contributed by atoms with Crippen LogP contribution in [-0.4, -0.2) is 28.0 Å². The average molecular weight is 270 g/mol. The molecule has 2 N–H and O–H groups in total. The van der Waals surface area contributed by atoms with E-state index in [1.54, 1.807) is 19.2 Å². The van der Waals surface area contributed by atoms with E-state index in [4.69, 9.17) is 0 Å². The third kappa shape index (κ3) is 4.11. The topological polar surface area (TPSA) is 66.9 Å². The minimum atomic E-state index is -2.59. The molecule has 1 aromatic heterocycles. The van der Waals surface area contributed by atoms with Crippen molar-refractivity contribution in [3.8, 4) is 0 Å². The fourth-order valence-electron chi connectivity index (χ4n) is 2.02. The van der Waals surface area contributed by atoms with Crippen LogP contribution < -0.4 is 10.6 Å². The summed E-state index contributed by atoms with van der Waals surface area (Å²) in [6.45, 7) is 1.79. The number of carbonyl (C=O) groups is 1. The largest absolute Gasteiger partial charge is 0.335 e. The van der Waals surface area contributed by atoms with Crippen molar-refractivity contribution in [2.45, 2.75) is 44.6 Å². The number of rotatable bonds is 2. The van der Waals surface area contributed by atoms with E-state index in [1.807, 2.05) is 0 Å². The van der Waals surface area contributed by atoms with Gasteiger partial charge in [-0.05, 0) is 25.8 Å². The number of urea groups is 1. The van der Waals surface area contributed by atoms with E-state index >= 15 is 0 Å². The quantitative estimate of drug-likeness (QED) is 0.867. The van der Waals surface area contributed by atoms with Gasteiger partial charge in [0.05, 0.1) is 0 Å². The van der Waals surface area contributed by atoms with Crippen LogP contribution in [0.25, 0.3) is 0 Å². The van der Waals surface area contributed by atoms with Crippen LogP contribution in [0.4, 0.5) is 19.5 Å². The summed E-state index contributed by atoms with van der Waals surface area (Å²) >= 11 is 0. The van der Waals surface area contributed by atoms with Gasteiger partial charge in [0.25, 0.3) is 0 Å². The van der Waals surface area contributed by atoms with Crippen LogP contribution in [0.1, 0.15) is 31.4 Å². The Morgan fingerprint density at radius 1 is 1.42 bits per heavy atom. The Kier molecular flexibility index (Phi) is 3.92. The van der Waals surface area contributed by atoms with Gasteiger partial charge in [0.15, 0.2) is 0 Å². The third-order valence-electron chi connectivity index (χ3n) is 3.07. The van der Waals surface area contributed by atoms with Crippen LogP contribution in [0, 0.1) is 6.92 Å². The summed E-state index contributed by atoms with van der Waals surface area (Å²) < 4.78 is 25.9. The molecule has 1 aromatic rings. The molecule has 0 aromatic carbocycles. The number of anilines is 1. The maximum Gasteiger partial charge on any atom is 0.321 e. The highest BCUT2D eigenvalue weighted by molar-refractivity contribution is 5.87. The summed E-state index contributed by atoms with van der Waals surface area (Å²) in [5, 5.41) is 5.15. The van der Waals surface area contributed by atoms with E-state index in [2.05, 4.69) is 20.6 Å². The van der Waals surface area contributed by atoms with Crippen LogP contribution in [0.2, 0.25) is 0 Å². The zero-order valence-electron chi connectivity index (χ0n) is 10.6. The lowest BCUT2D eigenvalue weighted by molar-refractivity contribution is -0.0394. The number of nitrogens with zero attached hydrogens (tertiary/aromatic N) is 2. The normalized spacial score (nSPS) is 18.9. The van der Waals surface area contributed by atoms with Crippen LogP contribution in [0.5, 0.6) is 0 Å². The monoisotopic (exact) mass is 270 g/mol. The molecule has 19 heavy (non-hydrogen) atoms. The van der Waals surface area contributed by atoms with Crippen molar-refractivity contribution >= 4 is 12.0 Å². The number of nitrogens with one attached hydrogen (secondary N) is 2. The van der Waals surface area contributed by atoms with Crippen LogP contribution in [0.15, 0.2) is 12.3 Å². The second kappa shape index (κ2) is 5.46. The maximum atomic E-state index is 13.0. The first-order chi connectivity index (χ1) is 8.94. The lowest BCUT2D eigenvalue weighted by Crippen LogP contribution is -2.42. The summed E-state index contributed by atoms with van der Waals surface area (Å²) in [5.74, 6) is -2.38. The number of hydrogen-bond acceptors (Lipinski definition) is 3. The predicted octanol–water partition coefficient (Wildman–Crippen LogP) is 2.48. The smallest absolute Gasteiger partial charge is 0.321 e. The lowest BCUT2D eigenvalue weighted by atomic mass is 9.92. The molecule has 7 heteroatoms. The summed E-state index contributed by atoms with van der Waals surface area (Å²) in [7, 11) is 0. The Balaban J connectivity index is 1.82. The highest BCUT2D eigenvalue weighted by Gasteiger charge is 2.35. The van der Waals surface area contributed by atoms with Gasteiger partial charge in [-0.1, -0.05) is 0 Å². The highest BCUT2D eigenvalue weighted by atomic mass is 19.3. The fourth-order valence-corrected chi connectivity index (χ4v) is 2.02. The molecule has 1 aliphatic carbocycles. The molecule has 0 aliphatic heterocycles. The number of carbonyl (C=O) groups excluding carboxylic acids is 1. The van der Waals surface area contributed by atoms with E-state index in [0.29, 0.717) is 0 Å². The molecule has 1 aliphatic rings. The Labute approximate surface area is 109 Å². The summed E-state index contributed by atoms with van der Waals surface area (Å²) in [6, 6.07) is 1.04. The molecule has 1 fully saturated rings. The second-order valence-corrected chi connectivity index (χ2v) is 4.75. The van der Waals surface area contributed by atoms with Gasteiger partial charge in [0, 0.05) is 30.8 Å². The minimum Gasteiger partial charge on any atom is -0.335 e. The number of aryl methyl sites for hydroxylation is 1. The molecule has 1 saturated carbocycles. The minimum absolute atomic E-state index is 0.182. The molecule has 5 nitrogen and oxygen atoms in total. The molecule has 1 heterocycles. The van der Waals surface area contributed by atoms with Crippen molar-refractivity contribution in [1.82, 2.24) is 15.3 Å². The van der Waals surface area contributed by atoms with Crippen LogP contribution in [0.3, 0.4) is 0 Å². The van der Waals surface area contributed by atoms with Gasteiger partial charge in [-0.25, -0.2) is 23.5 Å². The SMILES string of the molecule is Cc1ccnc(NC(=O)NC2CCC(F)(F)CC2)n1. The van der Waals surface area contributed by atoms with E-state index in [1.165, 1.54) is 0 Å². The molecule has 0 unspecified atom stereocenters. The third-order valence-corrected chi connectivity index (χ3v) is 3.07. The second-order valence-electron chi connectivity index (χ2n) is 4.75. The van der Waals surface area contributed by atoms with E-state index in [9.17, 15) is 13.6 Å². The first-order valence-corrected chi connectivity index (χ1v) is 6.20. The average Bonchev–Trinajstić information content (AvgIpc) is 2.32. The number of amides is 2. The van der Waals surface area contributed by atoms with E-state index in [-0.39, 0.29) is 37.7 Å². The maximum absolute atomic E-state index is 13.0. The molecule has 0 radical (unpaired) electrons. The van der Waals surface area contributed by atoms with Gasteiger partial charge < -0.3 is 5.32 Å². The van der Waals surface area contributed by atoms with Crippen LogP contribution >= 0.6 is 0 Å². The first-order valence-electron chi connectivity index (χ1n) is 6.20. The Hall–Kier alpha value is -1.79. The van der Waals surface area contributed by atoms with E-state index in [0.717, 1.165) is 5.69 Å². The Morgan fingerprint density at radius 2 is 2.11 bits per heavy atom. The van der Waals surface area contributed by atoms with Crippen molar-refractivity contribution in [2.24, 2.45) is 0 Å². The van der Waals surface area contributed by atoms with Crippen molar-refractivity contribution in [1.29, 1.82) is 0 Å². The molecular formula is C12H16F2N4O. The Bertz CT molecular complexity index is 457. The first kappa shape index (κ1) is 13.6. The Morgan fingerprint density at radius 3 is 2.74 bits per heavy atom. The van der Waals surface area contributed by atoms with Gasteiger partial charge >= 0.3 is 6.03 Å². The highest BCUT2D eigenvalue weighted by Crippen LogP contribution is 2.32.